The van der Waals surface area contributed by atoms with E-state index in [0.29, 0.717) is 0 Å². The molecule has 0 aromatic heterocycles. The third-order valence-corrected chi connectivity index (χ3v) is 5.12. The van der Waals surface area contributed by atoms with Crippen LogP contribution in [0.15, 0.2) is 17.4 Å². The van der Waals surface area contributed by atoms with E-state index in [-0.39, 0.29) is 0 Å². The third-order valence-electron chi connectivity index (χ3n) is 5.12. The van der Waals surface area contributed by atoms with E-state index in [4.69, 9.17) is 5.41 Å². The second-order valence-electron chi connectivity index (χ2n) is 7.60. The van der Waals surface area contributed by atoms with Gasteiger partial charge in [-0.3, -0.25) is 5.43 Å². The minimum atomic E-state index is 0.727. The highest BCUT2D eigenvalue weighted by molar-refractivity contribution is 6.41. The van der Waals surface area contributed by atoms with Gasteiger partial charge in [-0.05, 0) is 38.5 Å². The molecule has 0 saturated heterocycles. The first-order valence-electron chi connectivity index (χ1n) is 10.8. The second-order valence-corrected chi connectivity index (χ2v) is 7.60. The van der Waals surface area contributed by atoms with Crippen molar-refractivity contribution in [2.75, 3.05) is 0 Å². The van der Waals surface area contributed by atoms with Crippen LogP contribution >= 0.6 is 0 Å². The SMILES string of the molecule is C=C(CCCCCCCCCCC)NN=C1CCCCCCCC1=N. The molecule has 0 aromatic rings. The van der Waals surface area contributed by atoms with Crippen LogP contribution in [0.25, 0.3) is 0 Å². The highest BCUT2D eigenvalue weighted by atomic mass is 15.3. The molecular formula is C22H41N3. The molecule has 1 rings (SSSR count). The van der Waals surface area contributed by atoms with Crippen LogP contribution in [0.5, 0.6) is 0 Å². The van der Waals surface area contributed by atoms with Crippen molar-refractivity contribution in [3.05, 3.63) is 12.3 Å². The summed E-state index contributed by atoms with van der Waals surface area (Å²) >= 11 is 0. The van der Waals surface area contributed by atoms with Crippen LogP contribution in [0.2, 0.25) is 0 Å². The number of nitrogens with zero attached hydrogens (tertiary/aromatic N) is 1. The standard InChI is InChI=1S/C22H41N3/c1-3-4-5-6-7-8-9-11-14-17-20(2)24-25-22-19-16-13-10-12-15-18-21(22)23/h23-24H,2-19H2,1H3. The van der Waals surface area contributed by atoms with Crippen molar-refractivity contribution in [3.63, 3.8) is 0 Å². The lowest BCUT2D eigenvalue weighted by molar-refractivity contribution is 0.561. The summed E-state index contributed by atoms with van der Waals surface area (Å²) in [6.07, 6.45) is 21.1. The Bertz CT molecular complexity index is 398. The Morgan fingerprint density at radius 2 is 1.44 bits per heavy atom. The topological polar surface area (TPSA) is 48.2 Å². The monoisotopic (exact) mass is 347 g/mol. The van der Waals surface area contributed by atoms with E-state index in [2.05, 4.69) is 24.0 Å². The molecule has 1 aliphatic carbocycles. The normalized spacial score (nSPS) is 17.8. The maximum absolute atomic E-state index is 8.20. The van der Waals surface area contributed by atoms with Crippen molar-refractivity contribution in [1.29, 1.82) is 5.41 Å². The molecule has 0 atom stereocenters. The van der Waals surface area contributed by atoms with Crippen molar-refractivity contribution in [1.82, 2.24) is 5.43 Å². The van der Waals surface area contributed by atoms with Crippen LogP contribution in [0.3, 0.4) is 0 Å². The highest BCUT2D eigenvalue weighted by Gasteiger charge is 2.10. The van der Waals surface area contributed by atoms with E-state index in [0.717, 1.165) is 49.2 Å². The molecule has 3 heteroatoms. The lowest BCUT2D eigenvalue weighted by Gasteiger charge is -2.09. The Hall–Kier alpha value is -1.12. The summed E-state index contributed by atoms with van der Waals surface area (Å²) in [5.74, 6) is 0. The van der Waals surface area contributed by atoms with Crippen molar-refractivity contribution < 1.29 is 0 Å². The number of hydrogen-bond donors (Lipinski definition) is 2. The molecule has 0 spiro atoms. The van der Waals surface area contributed by atoms with Crippen molar-refractivity contribution in [3.8, 4) is 0 Å². The van der Waals surface area contributed by atoms with Gasteiger partial charge in [0.1, 0.15) is 0 Å². The predicted molar refractivity (Wildman–Crippen MR) is 112 cm³/mol. The Balaban J connectivity index is 2.11. The minimum absolute atomic E-state index is 0.727. The van der Waals surface area contributed by atoms with Crippen LogP contribution in [-0.4, -0.2) is 11.4 Å². The summed E-state index contributed by atoms with van der Waals surface area (Å²) in [6, 6.07) is 0. The van der Waals surface area contributed by atoms with E-state index < -0.39 is 0 Å². The first kappa shape index (κ1) is 21.9. The summed E-state index contributed by atoms with van der Waals surface area (Å²) in [5.41, 5.74) is 5.81. The quantitative estimate of drug-likeness (QED) is 0.286. The van der Waals surface area contributed by atoms with Crippen molar-refractivity contribution >= 4 is 11.4 Å². The van der Waals surface area contributed by atoms with E-state index >= 15 is 0 Å². The van der Waals surface area contributed by atoms with Crippen LogP contribution < -0.4 is 5.43 Å². The van der Waals surface area contributed by atoms with Gasteiger partial charge < -0.3 is 5.41 Å². The number of allylic oxidation sites excluding steroid dienone is 1. The lowest BCUT2D eigenvalue weighted by atomic mass is 10.1. The maximum atomic E-state index is 8.20. The molecule has 1 saturated carbocycles. The molecule has 0 amide bonds. The molecular weight excluding hydrogens is 306 g/mol. The predicted octanol–water partition coefficient (Wildman–Crippen LogP) is 7.13. The van der Waals surface area contributed by atoms with Gasteiger partial charge in [0, 0.05) is 5.70 Å². The first-order chi connectivity index (χ1) is 12.2. The lowest BCUT2D eigenvalue weighted by Crippen LogP contribution is -2.17. The average Bonchev–Trinajstić information content (AvgIpc) is 2.71. The number of rotatable bonds is 12. The number of hydrazone groups is 1. The zero-order valence-corrected chi connectivity index (χ0v) is 16.7. The highest BCUT2D eigenvalue weighted by Crippen LogP contribution is 2.14. The fourth-order valence-electron chi connectivity index (χ4n) is 3.39. The van der Waals surface area contributed by atoms with E-state index in [1.165, 1.54) is 77.0 Å². The maximum Gasteiger partial charge on any atom is 0.0814 e. The van der Waals surface area contributed by atoms with Crippen molar-refractivity contribution in [2.45, 2.75) is 116 Å². The van der Waals surface area contributed by atoms with Crippen LogP contribution in [0.1, 0.15) is 116 Å². The van der Waals surface area contributed by atoms with E-state index in [1.54, 1.807) is 0 Å². The summed E-state index contributed by atoms with van der Waals surface area (Å²) in [5, 5.41) is 12.7. The van der Waals surface area contributed by atoms with Gasteiger partial charge in [0.25, 0.3) is 0 Å². The molecule has 1 fully saturated rings. The molecule has 25 heavy (non-hydrogen) atoms. The molecule has 0 radical (unpaired) electrons. The fraction of sp³-hybridized carbons (Fsp3) is 0.818. The molecule has 0 unspecified atom stereocenters. The average molecular weight is 348 g/mol. The molecule has 0 heterocycles. The Morgan fingerprint density at radius 1 is 0.880 bits per heavy atom. The Morgan fingerprint density at radius 3 is 2.12 bits per heavy atom. The summed E-state index contributed by atoms with van der Waals surface area (Å²) < 4.78 is 0. The number of unbranched alkanes of at least 4 members (excludes halogenated alkanes) is 8. The third kappa shape index (κ3) is 12.0. The van der Waals surface area contributed by atoms with Crippen LogP contribution in [-0.2, 0) is 0 Å². The Labute approximate surface area is 156 Å². The summed E-state index contributed by atoms with van der Waals surface area (Å²) in [6.45, 7) is 6.37. The summed E-state index contributed by atoms with van der Waals surface area (Å²) in [4.78, 5) is 0. The van der Waals surface area contributed by atoms with Crippen molar-refractivity contribution in [2.24, 2.45) is 5.10 Å². The van der Waals surface area contributed by atoms with Gasteiger partial charge in [-0.2, -0.15) is 5.10 Å². The largest absolute Gasteiger partial charge is 0.303 e. The molecule has 3 nitrogen and oxygen atoms in total. The van der Waals surface area contributed by atoms with Gasteiger partial charge in [0.05, 0.1) is 11.4 Å². The molecule has 2 N–H and O–H groups in total. The van der Waals surface area contributed by atoms with E-state index in [9.17, 15) is 0 Å². The summed E-state index contributed by atoms with van der Waals surface area (Å²) in [7, 11) is 0. The van der Waals surface area contributed by atoms with Crippen LogP contribution in [0.4, 0.5) is 0 Å². The zero-order chi connectivity index (χ0) is 18.2. The molecule has 0 bridgehead atoms. The zero-order valence-electron chi connectivity index (χ0n) is 16.7. The number of hydrogen-bond acceptors (Lipinski definition) is 3. The van der Waals surface area contributed by atoms with Gasteiger partial charge in [0.15, 0.2) is 0 Å². The van der Waals surface area contributed by atoms with Gasteiger partial charge >= 0.3 is 0 Å². The van der Waals surface area contributed by atoms with Gasteiger partial charge in [0.2, 0.25) is 0 Å². The van der Waals surface area contributed by atoms with E-state index in [1.807, 2.05) is 0 Å². The van der Waals surface area contributed by atoms with Crippen LogP contribution in [0, 0.1) is 5.41 Å². The Kier molecular flexibility index (Phi) is 13.3. The second kappa shape index (κ2) is 15.2. The smallest absolute Gasteiger partial charge is 0.0814 e. The first-order valence-corrected chi connectivity index (χ1v) is 10.8. The van der Waals surface area contributed by atoms with Gasteiger partial charge in [-0.15, -0.1) is 0 Å². The minimum Gasteiger partial charge on any atom is -0.303 e. The molecule has 0 aromatic carbocycles. The van der Waals surface area contributed by atoms with Gasteiger partial charge in [-0.25, -0.2) is 0 Å². The molecule has 1 aliphatic rings. The fourth-order valence-corrected chi connectivity index (χ4v) is 3.39. The molecule has 144 valence electrons. The molecule has 0 aliphatic heterocycles. The number of nitrogens with one attached hydrogen (secondary N) is 2. The van der Waals surface area contributed by atoms with Gasteiger partial charge in [-0.1, -0.05) is 84.1 Å².